The highest BCUT2D eigenvalue weighted by molar-refractivity contribution is 7.19. The number of aromatic nitrogens is 1. The second-order valence-corrected chi connectivity index (χ2v) is 9.04. The van der Waals surface area contributed by atoms with E-state index in [2.05, 4.69) is 15.3 Å². The van der Waals surface area contributed by atoms with Crippen molar-refractivity contribution in [2.75, 3.05) is 39.5 Å². The lowest BCUT2D eigenvalue weighted by molar-refractivity contribution is -0.137. The minimum atomic E-state index is -4.66. The molecular weight excluding hydrogens is 483 g/mol. The van der Waals surface area contributed by atoms with Crippen LogP contribution in [0, 0.1) is 11.3 Å². The molecule has 1 aliphatic heterocycles. The lowest BCUT2D eigenvalue weighted by atomic mass is 9.96. The van der Waals surface area contributed by atoms with E-state index in [9.17, 15) is 18.0 Å². The Labute approximate surface area is 204 Å². The fourth-order valence-corrected chi connectivity index (χ4v) is 4.81. The second kappa shape index (κ2) is 11.0. The minimum absolute atomic E-state index is 0.0380. The molecule has 9 nitrogen and oxygen atoms in total. The summed E-state index contributed by atoms with van der Waals surface area (Å²) in [5.74, 6) is 0.260. The molecule has 1 unspecified atom stereocenters. The molecule has 0 saturated carbocycles. The summed E-state index contributed by atoms with van der Waals surface area (Å²) in [6.45, 7) is 1.98. The zero-order chi connectivity index (χ0) is 25.8. The molecule has 1 aliphatic rings. The van der Waals surface area contributed by atoms with E-state index in [-0.39, 0.29) is 27.0 Å². The van der Waals surface area contributed by atoms with E-state index in [0.717, 1.165) is 36.5 Å². The SMILES string of the molecule is CN=C(C(C=N)NC(=O)c1nc(-c2ccc(OC)cc2C(F)(F)F)sc1N)N1CCC(CN)CC1. The number of hydrogen-bond donors (Lipinski definition) is 4. The molecule has 0 bridgehead atoms. The van der Waals surface area contributed by atoms with Crippen LogP contribution in [0.4, 0.5) is 18.2 Å². The van der Waals surface area contributed by atoms with Gasteiger partial charge in [0.15, 0.2) is 5.69 Å². The van der Waals surface area contributed by atoms with Crippen LogP contribution in [-0.2, 0) is 6.18 Å². The number of likely N-dealkylation sites (tertiary alicyclic amines) is 1. The van der Waals surface area contributed by atoms with E-state index in [0.29, 0.717) is 31.4 Å². The van der Waals surface area contributed by atoms with Crippen molar-refractivity contribution in [3.05, 3.63) is 29.5 Å². The standard InChI is InChI=1S/C22H28F3N7O2S/c1-29-19(32-7-5-12(10-26)6-8-32)16(11-27)30-20(33)17-18(28)35-21(31-17)14-4-3-13(34-2)9-15(14)22(23,24)25/h3-4,9,11-12,16,27H,5-8,10,26,28H2,1-2H3,(H,30,33). The molecule has 0 aliphatic carbocycles. The highest BCUT2D eigenvalue weighted by Crippen LogP contribution is 2.41. The van der Waals surface area contributed by atoms with E-state index < -0.39 is 23.7 Å². The van der Waals surface area contributed by atoms with Crippen LogP contribution in [0.15, 0.2) is 23.2 Å². The number of methoxy groups -OCH3 is 1. The lowest BCUT2D eigenvalue weighted by Crippen LogP contribution is -2.52. The smallest absolute Gasteiger partial charge is 0.417 e. The number of benzene rings is 1. The normalized spacial score (nSPS) is 16.2. The van der Waals surface area contributed by atoms with Crippen LogP contribution in [0.2, 0.25) is 0 Å². The summed E-state index contributed by atoms with van der Waals surface area (Å²) in [7, 11) is 2.84. The highest BCUT2D eigenvalue weighted by Gasteiger charge is 2.36. The summed E-state index contributed by atoms with van der Waals surface area (Å²) in [5, 5.41) is 10.4. The van der Waals surface area contributed by atoms with Crippen molar-refractivity contribution >= 4 is 34.3 Å². The van der Waals surface area contributed by atoms with Gasteiger partial charge in [0, 0.05) is 31.9 Å². The molecule has 1 aromatic carbocycles. The Kier molecular flexibility index (Phi) is 8.33. The number of nitrogens with zero attached hydrogens (tertiary/aromatic N) is 3. The van der Waals surface area contributed by atoms with Crippen LogP contribution in [0.25, 0.3) is 10.6 Å². The summed E-state index contributed by atoms with van der Waals surface area (Å²) < 4.78 is 45.9. The number of nitrogens with one attached hydrogen (secondary N) is 2. The van der Waals surface area contributed by atoms with Gasteiger partial charge in [0.05, 0.1) is 12.7 Å². The maximum atomic E-state index is 13.6. The van der Waals surface area contributed by atoms with E-state index >= 15 is 0 Å². The van der Waals surface area contributed by atoms with Gasteiger partial charge < -0.3 is 31.8 Å². The molecule has 1 amide bonds. The molecule has 2 aromatic rings. The molecule has 3 rings (SSSR count). The van der Waals surface area contributed by atoms with Crippen molar-refractivity contribution in [1.29, 1.82) is 5.41 Å². The zero-order valence-electron chi connectivity index (χ0n) is 19.4. The number of carbonyl (C=O) groups is 1. The van der Waals surface area contributed by atoms with Gasteiger partial charge in [-0.25, -0.2) is 4.98 Å². The number of carbonyl (C=O) groups excluding carboxylic acids is 1. The summed E-state index contributed by atoms with van der Waals surface area (Å²) in [6.07, 6.45) is -1.87. The number of piperidine rings is 1. The largest absolute Gasteiger partial charge is 0.497 e. The number of aliphatic imine (C=N–C) groups is 1. The number of thiazole rings is 1. The van der Waals surface area contributed by atoms with Crippen LogP contribution in [0.3, 0.4) is 0 Å². The quantitative estimate of drug-likeness (QED) is 0.333. The summed E-state index contributed by atoms with van der Waals surface area (Å²) >= 11 is 0.775. The highest BCUT2D eigenvalue weighted by atomic mass is 32.1. The molecule has 0 radical (unpaired) electrons. The third-order valence-corrected chi connectivity index (χ3v) is 6.78. The lowest BCUT2D eigenvalue weighted by Gasteiger charge is -2.35. The van der Waals surface area contributed by atoms with Gasteiger partial charge in [0.1, 0.15) is 27.6 Å². The first-order valence-electron chi connectivity index (χ1n) is 10.9. The predicted octanol–water partition coefficient (Wildman–Crippen LogP) is 2.87. The van der Waals surface area contributed by atoms with Crippen LogP contribution in [-0.4, -0.2) is 67.7 Å². The van der Waals surface area contributed by atoms with E-state index in [1.54, 1.807) is 7.05 Å². The fraction of sp³-hybridized carbons (Fsp3) is 0.455. The molecule has 13 heteroatoms. The van der Waals surface area contributed by atoms with Gasteiger partial charge in [-0.15, -0.1) is 0 Å². The van der Waals surface area contributed by atoms with Crippen LogP contribution in [0.1, 0.15) is 28.9 Å². The Balaban J connectivity index is 1.84. The van der Waals surface area contributed by atoms with Gasteiger partial charge in [-0.05, 0) is 43.5 Å². The Bertz CT molecular complexity index is 1100. The molecule has 190 valence electrons. The summed E-state index contributed by atoms with van der Waals surface area (Å²) in [4.78, 5) is 23.4. The van der Waals surface area contributed by atoms with Crippen LogP contribution in [0.5, 0.6) is 5.75 Å². The number of hydrogen-bond acceptors (Lipinski definition) is 8. The number of halogens is 3. The maximum absolute atomic E-state index is 13.6. The Hall–Kier alpha value is -3.19. The van der Waals surface area contributed by atoms with E-state index in [1.807, 2.05) is 4.90 Å². The molecule has 1 atom stereocenters. The molecule has 6 N–H and O–H groups in total. The van der Waals surface area contributed by atoms with Gasteiger partial charge in [0.25, 0.3) is 5.91 Å². The Morgan fingerprint density at radius 2 is 2.11 bits per heavy atom. The van der Waals surface area contributed by atoms with Crippen molar-refractivity contribution < 1.29 is 22.7 Å². The number of nitrogens with two attached hydrogens (primary N) is 2. The maximum Gasteiger partial charge on any atom is 0.417 e. The van der Waals surface area contributed by atoms with Crippen molar-refractivity contribution in [2.24, 2.45) is 16.6 Å². The number of ether oxygens (including phenoxy) is 1. The Morgan fingerprint density at radius 1 is 1.43 bits per heavy atom. The van der Waals surface area contributed by atoms with Gasteiger partial charge in [0.2, 0.25) is 0 Å². The van der Waals surface area contributed by atoms with Gasteiger partial charge in [-0.3, -0.25) is 9.79 Å². The molecule has 1 saturated heterocycles. The van der Waals surface area contributed by atoms with Gasteiger partial charge >= 0.3 is 6.18 Å². The number of amidine groups is 1. The third-order valence-electron chi connectivity index (χ3n) is 5.86. The van der Waals surface area contributed by atoms with Crippen molar-refractivity contribution in [3.8, 4) is 16.3 Å². The summed E-state index contributed by atoms with van der Waals surface area (Å²) in [6, 6.07) is 2.63. The number of rotatable bonds is 7. The number of nitrogen functional groups attached to an aromatic ring is 1. The van der Waals surface area contributed by atoms with Crippen molar-refractivity contribution in [2.45, 2.75) is 25.1 Å². The molecule has 0 spiro atoms. The Morgan fingerprint density at radius 3 is 2.66 bits per heavy atom. The molecule has 2 heterocycles. The number of amides is 1. The zero-order valence-corrected chi connectivity index (χ0v) is 20.2. The average molecular weight is 512 g/mol. The first-order chi connectivity index (χ1) is 16.6. The number of anilines is 1. The first-order valence-corrected chi connectivity index (χ1v) is 11.7. The molecule has 1 fully saturated rings. The predicted molar refractivity (Wildman–Crippen MR) is 130 cm³/mol. The molecule has 35 heavy (non-hydrogen) atoms. The number of alkyl halides is 3. The van der Waals surface area contributed by atoms with Crippen LogP contribution >= 0.6 is 11.3 Å². The molecular formula is C22H28F3N7O2S. The van der Waals surface area contributed by atoms with Crippen molar-refractivity contribution in [3.63, 3.8) is 0 Å². The topological polar surface area (TPSA) is 143 Å². The van der Waals surface area contributed by atoms with E-state index in [1.165, 1.54) is 19.2 Å². The molecule has 1 aromatic heterocycles. The fourth-order valence-electron chi connectivity index (χ4n) is 3.95. The van der Waals surface area contributed by atoms with Crippen molar-refractivity contribution in [1.82, 2.24) is 15.2 Å². The van der Waals surface area contributed by atoms with Gasteiger partial charge in [-0.1, -0.05) is 11.3 Å². The monoisotopic (exact) mass is 511 g/mol. The average Bonchev–Trinajstić information content (AvgIpc) is 3.24. The van der Waals surface area contributed by atoms with E-state index in [4.69, 9.17) is 21.6 Å². The third kappa shape index (κ3) is 5.90. The second-order valence-electron chi connectivity index (χ2n) is 8.01. The van der Waals surface area contributed by atoms with Crippen LogP contribution < -0.4 is 21.5 Å². The minimum Gasteiger partial charge on any atom is -0.497 e. The summed E-state index contributed by atoms with van der Waals surface area (Å²) in [5.41, 5.74) is 10.4. The first kappa shape index (κ1) is 26.4. The van der Waals surface area contributed by atoms with Gasteiger partial charge in [-0.2, -0.15) is 13.2 Å².